The number of amides is 1. The molecule has 6 nitrogen and oxygen atoms in total. The van der Waals surface area contributed by atoms with E-state index in [-0.39, 0.29) is 5.91 Å². The van der Waals surface area contributed by atoms with Gasteiger partial charge in [-0.05, 0) is 42.0 Å². The lowest BCUT2D eigenvalue weighted by molar-refractivity contribution is 0.0939. The van der Waals surface area contributed by atoms with Gasteiger partial charge in [0.25, 0.3) is 5.91 Å². The average molecular weight is 399 g/mol. The van der Waals surface area contributed by atoms with Gasteiger partial charge in [0.1, 0.15) is 16.9 Å². The first kappa shape index (κ1) is 17.6. The van der Waals surface area contributed by atoms with E-state index in [4.69, 9.17) is 21.7 Å². The Morgan fingerprint density at radius 3 is 2.48 bits per heavy atom. The molecule has 0 radical (unpaired) electrons. The summed E-state index contributed by atoms with van der Waals surface area (Å²) < 4.78 is 13.2. The molecule has 1 aliphatic rings. The molecule has 2 heterocycles. The second-order valence-electron chi connectivity index (χ2n) is 5.88. The third-order valence-electron chi connectivity index (χ3n) is 4.33. The van der Waals surface area contributed by atoms with Crippen LogP contribution in [0.5, 0.6) is 11.5 Å². The normalized spacial score (nSPS) is 15.5. The number of methoxy groups -OCH3 is 2. The molecule has 0 fully saturated rings. The van der Waals surface area contributed by atoms with Gasteiger partial charge >= 0.3 is 0 Å². The van der Waals surface area contributed by atoms with E-state index >= 15 is 0 Å². The Labute approximate surface area is 165 Å². The first-order valence-corrected chi connectivity index (χ1v) is 9.45. The Hall–Kier alpha value is -2.84. The molecule has 0 saturated carbocycles. The number of carbonyl (C=O) groups excluding carboxylic acids is 1. The summed E-state index contributed by atoms with van der Waals surface area (Å²) in [7, 11) is 3.17. The van der Waals surface area contributed by atoms with Gasteiger partial charge in [-0.3, -0.25) is 9.36 Å². The van der Waals surface area contributed by atoms with E-state index in [0.29, 0.717) is 26.1 Å². The van der Waals surface area contributed by atoms with Crippen molar-refractivity contribution in [1.29, 1.82) is 0 Å². The third-order valence-corrected chi connectivity index (χ3v) is 5.70. The molecule has 1 atom stereocenters. The maximum Gasteiger partial charge on any atom is 0.267 e. The first-order valence-electron chi connectivity index (χ1n) is 8.23. The molecule has 0 aliphatic carbocycles. The van der Waals surface area contributed by atoms with Crippen molar-refractivity contribution < 1.29 is 14.3 Å². The number of carbonyl (C=O) groups is 1. The highest BCUT2D eigenvalue weighted by atomic mass is 32.1. The van der Waals surface area contributed by atoms with Crippen LogP contribution in [-0.4, -0.2) is 24.7 Å². The SMILES string of the molecule is COc1ccc(C2NC(=O)c3sc(=S)n(-c4ccccc4)c3N2)cc1OC. The number of thiazole rings is 1. The van der Waals surface area contributed by atoms with Gasteiger partial charge in [-0.25, -0.2) is 0 Å². The monoisotopic (exact) mass is 399 g/mol. The molecule has 2 N–H and O–H groups in total. The summed E-state index contributed by atoms with van der Waals surface area (Å²) in [5.41, 5.74) is 1.76. The Morgan fingerprint density at radius 1 is 1.04 bits per heavy atom. The van der Waals surface area contributed by atoms with Crippen LogP contribution < -0.4 is 20.1 Å². The Balaban J connectivity index is 1.77. The number of hydrogen-bond donors (Lipinski definition) is 2. The predicted octanol–water partition coefficient (Wildman–Crippen LogP) is 4.14. The summed E-state index contributed by atoms with van der Waals surface area (Å²) in [6, 6.07) is 15.3. The highest BCUT2D eigenvalue weighted by Gasteiger charge is 2.30. The van der Waals surface area contributed by atoms with Crippen LogP contribution >= 0.6 is 23.6 Å². The van der Waals surface area contributed by atoms with E-state index in [9.17, 15) is 4.79 Å². The molecule has 1 amide bonds. The number of aromatic nitrogens is 1. The van der Waals surface area contributed by atoms with Crippen molar-refractivity contribution >= 4 is 35.3 Å². The smallest absolute Gasteiger partial charge is 0.267 e. The van der Waals surface area contributed by atoms with Crippen molar-refractivity contribution in [2.45, 2.75) is 6.17 Å². The lowest BCUT2D eigenvalue weighted by Crippen LogP contribution is -2.38. The number of nitrogens with zero attached hydrogens (tertiary/aromatic N) is 1. The fourth-order valence-electron chi connectivity index (χ4n) is 3.04. The standard InChI is InChI=1S/C19H17N3O3S2/c1-24-13-9-8-11(10-14(13)25-2)16-20-17-15(18(23)21-16)27-19(26)22(17)12-6-4-3-5-7-12/h3-10,16,20H,1-2H3,(H,21,23). The fraction of sp³-hybridized carbons (Fsp3) is 0.158. The van der Waals surface area contributed by atoms with E-state index in [1.54, 1.807) is 14.2 Å². The van der Waals surface area contributed by atoms with Crippen LogP contribution in [0, 0.1) is 3.95 Å². The number of benzene rings is 2. The van der Waals surface area contributed by atoms with Crippen molar-refractivity contribution in [3.63, 3.8) is 0 Å². The number of nitrogens with one attached hydrogen (secondary N) is 2. The van der Waals surface area contributed by atoms with Gasteiger partial charge in [0, 0.05) is 5.69 Å². The summed E-state index contributed by atoms with van der Waals surface area (Å²) >= 11 is 6.80. The van der Waals surface area contributed by atoms with Crippen molar-refractivity contribution in [2.75, 3.05) is 19.5 Å². The minimum atomic E-state index is -0.413. The lowest BCUT2D eigenvalue weighted by Gasteiger charge is -2.27. The molecule has 3 aromatic rings. The Kier molecular flexibility index (Phi) is 4.59. The van der Waals surface area contributed by atoms with Gasteiger partial charge in [-0.2, -0.15) is 0 Å². The van der Waals surface area contributed by atoms with E-state index in [2.05, 4.69) is 10.6 Å². The zero-order valence-electron chi connectivity index (χ0n) is 14.7. The number of rotatable bonds is 4. The third kappa shape index (κ3) is 3.07. The molecule has 0 bridgehead atoms. The molecular weight excluding hydrogens is 382 g/mol. The summed E-state index contributed by atoms with van der Waals surface area (Å²) in [6.07, 6.45) is -0.413. The van der Waals surface area contributed by atoms with Crippen LogP contribution in [0.3, 0.4) is 0 Å². The summed E-state index contributed by atoms with van der Waals surface area (Å²) in [5, 5.41) is 6.37. The molecular formula is C19H17N3O3S2. The van der Waals surface area contributed by atoms with Crippen molar-refractivity contribution in [3.05, 3.63) is 62.9 Å². The number of fused-ring (bicyclic) bond motifs is 1. The van der Waals surface area contributed by atoms with Gasteiger partial charge in [0.15, 0.2) is 15.5 Å². The van der Waals surface area contributed by atoms with Crippen LogP contribution in [0.1, 0.15) is 21.4 Å². The summed E-state index contributed by atoms with van der Waals surface area (Å²) in [4.78, 5) is 13.3. The topological polar surface area (TPSA) is 64.5 Å². The lowest BCUT2D eigenvalue weighted by atomic mass is 10.1. The van der Waals surface area contributed by atoms with E-state index < -0.39 is 6.17 Å². The second kappa shape index (κ2) is 7.05. The molecule has 0 spiro atoms. The Morgan fingerprint density at radius 2 is 1.78 bits per heavy atom. The molecule has 138 valence electrons. The fourth-order valence-corrected chi connectivity index (χ4v) is 4.35. The zero-order valence-corrected chi connectivity index (χ0v) is 16.3. The maximum absolute atomic E-state index is 12.7. The van der Waals surface area contributed by atoms with Gasteiger partial charge in [-0.1, -0.05) is 35.6 Å². The summed E-state index contributed by atoms with van der Waals surface area (Å²) in [5.74, 6) is 1.77. The largest absolute Gasteiger partial charge is 0.493 e. The minimum absolute atomic E-state index is 0.158. The molecule has 0 saturated heterocycles. The zero-order chi connectivity index (χ0) is 19.0. The summed E-state index contributed by atoms with van der Waals surface area (Å²) in [6.45, 7) is 0. The molecule has 1 unspecified atom stereocenters. The van der Waals surface area contributed by atoms with Crippen LogP contribution in [0.15, 0.2) is 48.5 Å². The Bertz CT molecular complexity index is 1060. The van der Waals surface area contributed by atoms with Crippen LogP contribution in [-0.2, 0) is 0 Å². The minimum Gasteiger partial charge on any atom is -0.493 e. The maximum atomic E-state index is 12.7. The van der Waals surface area contributed by atoms with E-state index in [0.717, 1.165) is 11.3 Å². The quantitative estimate of drug-likeness (QED) is 0.646. The molecule has 8 heteroatoms. The first-order chi connectivity index (χ1) is 13.1. The van der Waals surface area contributed by atoms with Gasteiger partial charge in [-0.15, -0.1) is 0 Å². The highest BCUT2D eigenvalue weighted by molar-refractivity contribution is 7.73. The van der Waals surface area contributed by atoms with Crippen molar-refractivity contribution in [2.24, 2.45) is 0 Å². The van der Waals surface area contributed by atoms with E-state index in [1.807, 2.05) is 53.1 Å². The van der Waals surface area contributed by atoms with Gasteiger partial charge in [0.05, 0.1) is 14.2 Å². The van der Waals surface area contributed by atoms with Crippen molar-refractivity contribution in [3.8, 4) is 17.2 Å². The van der Waals surface area contributed by atoms with Gasteiger partial charge in [0.2, 0.25) is 0 Å². The average Bonchev–Trinajstić information content (AvgIpc) is 3.04. The van der Waals surface area contributed by atoms with Crippen molar-refractivity contribution in [1.82, 2.24) is 9.88 Å². The molecule has 1 aromatic heterocycles. The number of anilines is 1. The van der Waals surface area contributed by atoms with Crippen LogP contribution in [0.25, 0.3) is 5.69 Å². The van der Waals surface area contributed by atoms with E-state index in [1.165, 1.54) is 11.3 Å². The number of ether oxygens (including phenoxy) is 2. The number of hydrogen-bond acceptors (Lipinski definition) is 6. The predicted molar refractivity (Wildman–Crippen MR) is 108 cm³/mol. The molecule has 1 aliphatic heterocycles. The van der Waals surface area contributed by atoms with Crippen LogP contribution in [0.4, 0.5) is 5.82 Å². The molecule has 27 heavy (non-hydrogen) atoms. The highest BCUT2D eigenvalue weighted by Crippen LogP contribution is 2.36. The number of para-hydroxylation sites is 1. The van der Waals surface area contributed by atoms with Gasteiger partial charge < -0.3 is 20.1 Å². The van der Waals surface area contributed by atoms with Crippen LogP contribution in [0.2, 0.25) is 0 Å². The molecule has 4 rings (SSSR count). The molecule has 2 aromatic carbocycles. The second-order valence-corrected chi connectivity index (χ2v) is 7.53.